The summed E-state index contributed by atoms with van der Waals surface area (Å²) in [5, 5.41) is 15.2. The average Bonchev–Trinajstić information content (AvgIpc) is 2.90. The summed E-state index contributed by atoms with van der Waals surface area (Å²) in [4.78, 5) is 2.09. The van der Waals surface area contributed by atoms with Crippen molar-refractivity contribution in [3.63, 3.8) is 0 Å². The molecule has 1 aromatic heterocycles. The molecule has 1 atom stereocenters. The summed E-state index contributed by atoms with van der Waals surface area (Å²) in [6.07, 6.45) is 3.24. The molecule has 96 valence electrons. The van der Waals surface area contributed by atoms with Crippen LogP contribution in [0.25, 0.3) is 0 Å². The maximum Gasteiger partial charge on any atom is 0.102 e. The van der Waals surface area contributed by atoms with E-state index in [4.69, 9.17) is 11.6 Å². The number of aliphatic hydroxyl groups excluding tert-OH is 1. The predicted molar refractivity (Wildman–Crippen MR) is 68.1 cm³/mol. The van der Waals surface area contributed by atoms with Gasteiger partial charge in [-0.3, -0.25) is 4.68 Å². The number of hydrogen-bond acceptors (Lipinski definition) is 3. The first-order chi connectivity index (χ1) is 7.94. The van der Waals surface area contributed by atoms with Gasteiger partial charge in [-0.25, -0.2) is 0 Å². The zero-order valence-corrected chi connectivity index (χ0v) is 11.4. The Hall–Kier alpha value is -0.580. The van der Waals surface area contributed by atoms with Crippen LogP contribution in [0.1, 0.15) is 31.6 Å². The third kappa shape index (κ3) is 2.64. The normalized spacial score (nSPS) is 19.6. The number of aromatic nitrogens is 2. The van der Waals surface area contributed by atoms with Crippen LogP contribution >= 0.6 is 11.6 Å². The Morgan fingerprint density at radius 1 is 1.59 bits per heavy atom. The molecule has 1 saturated carbocycles. The molecule has 0 amide bonds. The third-order valence-electron chi connectivity index (χ3n) is 3.55. The molecule has 1 heterocycles. The largest absolute Gasteiger partial charge is 0.386 e. The van der Waals surface area contributed by atoms with Crippen molar-refractivity contribution < 1.29 is 5.11 Å². The highest BCUT2D eigenvalue weighted by atomic mass is 35.5. The van der Waals surface area contributed by atoms with Crippen molar-refractivity contribution in [1.82, 2.24) is 14.7 Å². The van der Waals surface area contributed by atoms with Crippen LogP contribution in [-0.4, -0.2) is 40.4 Å². The van der Waals surface area contributed by atoms with E-state index < -0.39 is 6.10 Å². The van der Waals surface area contributed by atoms with Crippen LogP contribution in [0.2, 0.25) is 5.02 Å². The van der Waals surface area contributed by atoms with Crippen molar-refractivity contribution in [2.75, 3.05) is 20.6 Å². The van der Waals surface area contributed by atoms with Gasteiger partial charge in [-0.15, -0.1) is 0 Å². The monoisotopic (exact) mass is 257 g/mol. The highest BCUT2D eigenvalue weighted by molar-refractivity contribution is 6.31. The number of likely N-dealkylation sites (N-methyl/N-ethyl adjacent to an activating group) is 1. The minimum Gasteiger partial charge on any atom is -0.386 e. The van der Waals surface area contributed by atoms with Gasteiger partial charge < -0.3 is 10.0 Å². The van der Waals surface area contributed by atoms with Crippen LogP contribution in [0, 0.1) is 5.41 Å². The van der Waals surface area contributed by atoms with E-state index in [0.717, 1.165) is 31.6 Å². The molecule has 0 radical (unpaired) electrons. The number of aliphatic hydroxyl groups is 1. The molecule has 1 unspecified atom stereocenters. The minimum atomic E-state index is -0.500. The first-order valence-corrected chi connectivity index (χ1v) is 6.36. The summed E-state index contributed by atoms with van der Waals surface area (Å²) in [5.74, 6) is 0. The molecular formula is C12H20ClN3O. The highest BCUT2D eigenvalue weighted by Crippen LogP contribution is 2.55. The molecule has 5 heteroatoms. The molecule has 1 aromatic rings. The van der Waals surface area contributed by atoms with Gasteiger partial charge in [-0.05, 0) is 32.4 Å². The van der Waals surface area contributed by atoms with Gasteiger partial charge in [0.1, 0.15) is 6.10 Å². The van der Waals surface area contributed by atoms with Crippen molar-refractivity contribution in [1.29, 1.82) is 0 Å². The van der Waals surface area contributed by atoms with Crippen molar-refractivity contribution in [3.8, 4) is 0 Å². The lowest BCUT2D eigenvalue weighted by molar-refractivity contribution is 0.0936. The van der Waals surface area contributed by atoms with Crippen LogP contribution in [0.4, 0.5) is 0 Å². The molecule has 0 bridgehead atoms. The fraction of sp³-hybridized carbons (Fsp3) is 0.750. The van der Waals surface area contributed by atoms with E-state index in [1.165, 1.54) is 0 Å². The van der Waals surface area contributed by atoms with Crippen molar-refractivity contribution in [2.45, 2.75) is 32.4 Å². The van der Waals surface area contributed by atoms with Crippen LogP contribution in [0.15, 0.2) is 6.20 Å². The second kappa shape index (κ2) is 4.59. The molecule has 0 saturated heterocycles. The highest BCUT2D eigenvalue weighted by Gasteiger charge is 2.46. The molecule has 0 aromatic carbocycles. The Labute approximate surface area is 107 Å². The summed E-state index contributed by atoms with van der Waals surface area (Å²) < 4.78 is 1.83. The van der Waals surface area contributed by atoms with E-state index >= 15 is 0 Å². The number of hydrogen-bond donors (Lipinski definition) is 1. The maximum absolute atomic E-state index is 10.4. The maximum atomic E-state index is 10.4. The zero-order chi connectivity index (χ0) is 12.6. The Balaban J connectivity index is 2.17. The van der Waals surface area contributed by atoms with Gasteiger partial charge in [0.05, 0.1) is 23.5 Å². The van der Waals surface area contributed by atoms with Gasteiger partial charge in [-0.2, -0.15) is 5.10 Å². The fourth-order valence-electron chi connectivity index (χ4n) is 1.92. The quantitative estimate of drug-likeness (QED) is 0.877. The first kappa shape index (κ1) is 12.9. The molecular weight excluding hydrogens is 238 g/mol. The van der Waals surface area contributed by atoms with Gasteiger partial charge in [0.2, 0.25) is 0 Å². The second-order valence-corrected chi connectivity index (χ2v) is 5.87. The van der Waals surface area contributed by atoms with E-state index in [1.54, 1.807) is 6.20 Å². The minimum absolute atomic E-state index is 0.000457. The molecule has 1 aliphatic carbocycles. The fourth-order valence-corrected chi connectivity index (χ4v) is 2.16. The Kier molecular flexibility index (Phi) is 3.48. The third-order valence-corrected chi connectivity index (χ3v) is 3.84. The van der Waals surface area contributed by atoms with Gasteiger partial charge in [0.25, 0.3) is 0 Å². The number of halogens is 1. The molecule has 4 nitrogen and oxygen atoms in total. The lowest BCUT2D eigenvalue weighted by atomic mass is 9.99. The van der Waals surface area contributed by atoms with Gasteiger partial charge in [0.15, 0.2) is 0 Å². The molecule has 1 aliphatic rings. The van der Waals surface area contributed by atoms with E-state index in [2.05, 4.69) is 16.9 Å². The second-order valence-electron chi connectivity index (χ2n) is 5.46. The Morgan fingerprint density at radius 3 is 2.76 bits per heavy atom. The standard InChI is InChI=1S/C12H20ClN3O/c1-12(4-5-12)11(17)10-9(13)8-14-16(10)7-6-15(2)3/h8,11,17H,4-7H2,1-3H3. The summed E-state index contributed by atoms with van der Waals surface area (Å²) in [6.45, 7) is 3.73. The molecule has 1 fully saturated rings. The SMILES string of the molecule is CN(C)CCn1ncc(Cl)c1C(O)C1(C)CC1. The number of rotatable bonds is 5. The van der Waals surface area contributed by atoms with Crippen molar-refractivity contribution in [3.05, 3.63) is 16.9 Å². The van der Waals surface area contributed by atoms with E-state index in [-0.39, 0.29) is 5.41 Å². The molecule has 17 heavy (non-hydrogen) atoms. The van der Waals surface area contributed by atoms with Crippen molar-refractivity contribution >= 4 is 11.6 Å². The van der Waals surface area contributed by atoms with Crippen LogP contribution in [-0.2, 0) is 6.54 Å². The Morgan fingerprint density at radius 2 is 2.24 bits per heavy atom. The number of nitrogens with zero attached hydrogens (tertiary/aromatic N) is 3. The predicted octanol–water partition coefficient (Wildman–Crippen LogP) is 1.93. The first-order valence-electron chi connectivity index (χ1n) is 5.98. The molecule has 0 aliphatic heterocycles. The smallest absolute Gasteiger partial charge is 0.102 e. The van der Waals surface area contributed by atoms with Gasteiger partial charge in [-0.1, -0.05) is 18.5 Å². The van der Waals surface area contributed by atoms with Crippen LogP contribution in [0.3, 0.4) is 0 Å². The van der Waals surface area contributed by atoms with E-state index in [9.17, 15) is 5.11 Å². The molecule has 2 rings (SSSR count). The topological polar surface area (TPSA) is 41.3 Å². The van der Waals surface area contributed by atoms with Gasteiger partial charge in [0, 0.05) is 6.54 Å². The average molecular weight is 258 g/mol. The van der Waals surface area contributed by atoms with Crippen LogP contribution < -0.4 is 0 Å². The van der Waals surface area contributed by atoms with E-state index in [0.29, 0.717) is 5.02 Å². The van der Waals surface area contributed by atoms with Gasteiger partial charge >= 0.3 is 0 Å². The molecule has 1 N–H and O–H groups in total. The lowest BCUT2D eigenvalue weighted by Crippen LogP contribution is -2.22. The van der Waals surface area contributed by atoms with Crippen molar-refractivity contribution in [2.24, 2.45) is 5.41 Å². The summed E-state index contributed by atoms with van der Waals surface area (Å²) in [6, 6.07) is 0. The molecule has 0 spiro atoms. The summed E-state index contributed by atoms with van der Waals surface area (Å²) in [5.41, 5.74) is 0.771. The van der Waals surface area contributed by atoms with Crippen LogP contribution in [0.5, 0.6) is 0 Å². The van der Waals surface area contributed by atoms with E-state index in [1.807, 2.05) is 18.8 Å². The summed E-state index contributed by atoms with van der Waals surface area (Å²) >= 11 is 6.13. The zero-order valence-electron chi connectivity index (χ0n) is 10.6. The lowest BCUT2D eigenvalue weighted by Gasteiger charge is -2.20. The summed E-state index contributed by atoms with van der Waals surface area (Å²) in [7, 11) is 4.03. The Bertz CT molecular complexity index is 398.